The molecule has 2 N–H and O–H groups in total. The molecule has 0 aliphatic rings. The van der Waals surface area contributed by atoms with Gasteiger partial charge in [0, 0.05) is 31.7 Å². The van der Waals surface area contributed by atoms with Gasteiger partial charge in [-0.3, -0.25) is 0 Å². The molecular weight excluding hydrogens is 491 g/mol. The summed E-state index contributed by atoms with van der Waals surface area (Å²) in [4.78, 5) is 4.78. The van der Waals surface area contributed by atoms with Crippen LogP contribution < -0.4 is 10.6 Å². The van der Waals surface area contributed by atoms with E-state index < -0.39 is 0 Å². The summed E-state index contributed by atoms with van der Waals surface area (Å²) in [6.07, 6.45) is 2.65. The third-order valence-corrected chi connectivity index (χ3v) is 4.64. The number of nitrogens with zero attached hydrogens (tertiary/aromatic N) is 6. The third kappa shape index (κ3) is 6.04. The molecule has 0 saturated heterocycles. The van der Waals surface area contributed by atoms with Crippen LogP contribution in [0.5, 0.6) is 0 Å². The van der Waals surface area contributed by atoms with Gasteiger partial charge in [0.2, 0.25) is 0 Å². The number of aromatic nitrogens is 5. The van der Waals surface area contributed by atoms with Crippen LogP contribution >= 0.6 is 24.0 Å². The van der Waals surface area contributed by atoms with Gasteiger partial charge in [0.1, 0.15) is 12.2 Å². The Morgan fingerprint density at radius 1 is 1.13 bits per heavy atom. The molecule has 8 nitrogen and oxygen atoms in total. The first-order valence-corrected chi connectivity index (χ1v) is 10.1. The van der Waals surface area contributed by atoms with E-state index in [1.54, 1.807) is 6.33 Å². The van der Waals surface area contributed by atoms with Crippen molar-refractivity contribution in [2.75, 3.05) is 13.1 Å². The van der Waals surface area contributed by atoms with E-state index in [9.17, 15) is 0 Å². The molecule has 0 radical (unpaired) electrons. The minimum Gasteiger partial charge on any atom is -0.357 e. The summed E-state index contributed by atoms with van der Waals surface area (Å²) in [6, 6.07) is 10.3. The van der Waals surface area contributed by atoms with Crippen LogP contribution in [0.2, 0.25) is 0 Å². The van der Waals surface area contributed by atoms with E-state index in [0.717, 1.165) is 60.5 Å². The average molecular weight is 522 g/mol. The van der Waals surface area contributed by atoms with Crippen molar-refractivity contribution in [1.29, 1.82) is 0 Å². The number of aliphatic imine (C=N–C) groups is 1. The molecule has 0 bridgehead atoms. The molecule has 2 aromatic heterocycles. The van der Waals surface area contributed by atoms with Crippen molar-refractivity contribution in [3.05, 3.63) is 59.4 Å². The van der Waals surface area contributed by atoms with Gasteiger partial charge in [-0.15, -0.1) is 34.2 Å². The van der Waals surface area contributed by atoms with Gasteiger partial charge in [0.25, 0.3) is 0 Å². The van der Waals surface area contributed by atoms with Crippen LogP contribution in [-0.4, -0.2) is 43.6 Å². The topological polar surface area (TPSA) is 85.0 Å². The molecule has 0 saturated carbocycles. The van der Waals surface area contributed by atoms with Crippen molar-refractivity contribution in [3.63, 3.8) is 0 Å². The molecule has 0 atom stereocenters. The average Bonchev–Trinajstić information content (AvgIpc) is 3.31. The van der Waals surface area contributed by atoms with Crippen molar-refractivity contribution in [2.45, 2.75) is 47.2 Å². The van der Waals surface area contributed by atoms with Gasteiger partial charge < -0.3 is 15.2 Å². The predicted octanol–water partition coefficient (Wildman–Crippen LogP) is 3.02. The summed E-state index contributed by atoms with van der Waals surface area (Å²) >= 11 is 0. The van der Waals surface area contributed by atoms with Crippen LogP contribution in [0.4, 0.5) is 0 Å². The zero-order valence-electron chi connectivity index (χ0n) is 18.1. The fourth-order valence-electron chi connectivity index (χ4n) is 3.26. The van der Waals surface area contributed by atoms with Gasteiger partial charge in [-0.05, 0) is 38.5 Å². The lowest BCUT2D eigenvalue weighted by Crippen LogP contribution is -2.39. The van der Waals surface area contributed by atoms with E-state index in [1.807, 2.05) is 23.7 Å². The fourth-order valence-corrected chi connectivity index (χ4v) is 3.26. The highest BCUT2D eigenvalue weighted by Gasteiger charge is 2.09. The number of para-hydroxylation sites is 1. The van der Waals surface area contributed by atoms with Crippen LogP contribution in [0.25, 0.3) is 5.69 Å². The molecule has 9 heteroatoms. The van der Waals surface area contributed by atoms with Gasteiger partial charge in [0.15, 0.2) is 5.96 Å². The molecule has 162 valence electrons. The molecule has 0 aliphatic carbocycles. The minimum absolute atomic E-state index is 0. The first-order valence-electron chi connectivity index (χ1n) is 10.1. The summed E-state index contributed by atoms with van der Waals surface area (Å²) < 4.78 is 4.05. The molecule has 1 aromatic carbocycles. The number of guanidine groups is 1. The summed E-state index contributed by atoms with van der Waals surface area (Å²) in [6.45, 7) is 11.1. The quantitative estimate of drug-likeness (QED) is 0.270. The highest BCUT2D eigenvalue weighted by molar-refractivity contribution is 14.0. The largest absolute Gasteiger partial charge is 0.357 e. The molecule has 0 spiro atoms. The second kappa shape index (κ2) is 11.7. The molecule has 30 heavy (non-hydrogen) atoms. The first kappa shape index (κ1) is 23.8. The highest BCUT2D eigenvalue weighted by Crippen LogP contribution is 2.17. The van der Waals surface area contributed by atoms with E-state index in [2.05, 4.69) is 69.5 Å². The lowest BCUT2D eigenvalue weighted by atomic mass is 10.2. The standard InChI is InChI=1S/C21H30N8.HI/c1-5-20-26-25-15-28(20)12-11-23-21(22-6-2)24-14-18-9-7-8-10-19(18)29-17(4)13-16(3)27-29;/h7-10,13,15H,5-6,11-12,14H2,1-4H3,(H2,22,23,24);1H. The minimum atomic E-state index is 0. The maximum Gasteiger partial charge on any atom is 0.191 e. The van der Waals surface area contributed by atoms with Crippen LogP contribution in [0.3, 0.4) is 0 Å². The van der Waals surface area contributed by atoms with Crippen LogP contribution in [0.15, 0.2) is 41.7 Å². The predicted molar refractivity (Wildman–Crippen MR) is 131 cm³/mol. The molecule has 0 aliphatic heterocycles. The lowest BCUT2D eigenvalue weighted by Gasteiger charge is -2.13. The Labute approximate surface area is 195 Å². The molecule has 0 fully saturated rings. The summed E-state index contributed by atoms with van der Waals surface area (Å²) in [7, 11) is 0. The number of benzene rings is 1. The monoisotopic (exact) mass is 522 g/mol. The highest BCUT2D eigenvalue weighted by atomic mass is 127. The Morgan fingerprint density at radius 3 is 2.63 bits per heavy atom. The van der Waals surface area contributed by atoms with Gasteiger partial charge in [-0.25, -0.2) is 9.67 Å². The Hall–Kier alpha value is -2.43. The Balaban J connectivity index is 0.00000320. The zero-order chi connectivity index (χ0) is 20.6. The Kier molecular flexibility index (Phi) is 9.28. The summed E-state index contributed by atoms with van der Waals surface area (Å²) in [5.41, 5.74) is 4.32. The first-order chi connectivity index (χ1) is 14.1. The Bertz CT molecular complexity index is 960. The summed E-state index contributed by atoms with van der Waals surface area (Å²) in [5.74, 6) is 1.79. The number of aryl methyl sites for hydroxylation is 3. The smallest absolute Gasteiger partial charge is 0.191 e. The number of nitrogens with one attached hydrogen (secondary N) is 2. The molecule has 2 heterocycles. The molecule has 3 rings (SSSR count). The fraction of sp³-hybridized carbons (Fsp3) is 0.429. The summed E-state index contributed by atoms with van der Waals surface area (Å²) in [5, 5.41) is 19.4. The van der Waals surface area contributed by atoms with Gasteiger partial charge in [-0.2, -0.15) is 5.10 Å². The number of hydrogen-bond acceptors (Lipinski definition) is 4. The van der Waals surface area contributed by atoms with Crippen LogP contribution in [0.1, 0.15) is 36.6 Å². The van der Waals surface area contributed by atoms with Crippen molar-refractivity contribution >= 4 is 29.9 Å². The maximum absolute atomic E-state index is 4.78. The van der Waals surface area contributed by atoms with E-state index in [-0.39, 0.29) is 24.0 Å². The molecule has 3 aromatic rings. The second-order valence-electron chi connectivity index (χ2n) is 6.88. The van der Waals surface area contributed by atoms with Crippen LogP contribution in [0, 0.1) is 13.8 Å². The number of halogens is 1. The van der Waals surface area contributed by atoms with Crippen molar-refractivity contribution < 1.29 is 0 Å². The van der Waals surface area contributed by atoms with Gasteiger partial charge in [0.05, 0.1) is 17.9 Å². The normalized spacial score (nSPS) is 11.3. The third-order valence-electron chi connectivity index (χ3n) is 4.64. The van der Waals surface area contributed by atoms with E-state index in [1.165, 1.54) is 0 Å². The number of rotatable bonds is 8. The van der Waals surface area contributed by atoms with Crippen molar-refractivity contribution in [1.82, 2.24) is 35.2 Å². The van der Waals surface area contributed by atoms with E-state index in [4.69, 9.17) is 4.99 Å². The van der Waals surface area contributed by atoms with Crippen LogP contribution in [-0.2, 0) is 19.5 Å². The van der Waals surface area contributed by atoms with E-state index in [0.29, 0.717) is 6.54 Å². The second-order valence-corrected chi connectivity index (χ2v) is 6.88. The Morgan fingerprint density at radius 2 is 1.93 bits per heavy atom. The molecular formula is C21H31IN8. The molecule has 0 amide bonds. The van der Waals surface area contributed by atoms with Gasteiger partial charge >= 0.3 is 0 Å². The SMILES string of the molecule is CCNC(=NCc1ccccc1-n1nc(C)cc1C)NCCn1cnnc1CC.I. The lowest BCUT2D eigenvalue weighted by molar-refractivity contribution is 0.632. The number of hydrogen-bond donors (Lipinski definition) is 2. The maximum atomic E-state index is 4.78. The van der Waals surface area contributed by atoms with Gasteiger partial charge in [-0.1, -0.05) is 25.1 Å². The van der Waals surface area contributed by atoms with E-state index >= 15 is 0 Å². The van der Waals surface area contributed by atoms with Crippen molar-refractivity contribution in [2.24, 2.45) is 4.99 Å². The zero-order valence-corrected chi connectivity index (χ0v) is 20.4. The van der Waals surface area contributed by atoms with Crippen molar-refractivity contribution in [3.8, 4) is 5.69 Å². The molecule has 0 unspecified atom stereocenters.